The molecule has 0 N–H and O–H groups in total. The van der Waals surface area contributed by atoms with Crippen LogP contribution in [0.1, 0.15) is 66.8 Å². The molecule has 0 fully saturated rings. The van der Waals surface area contributed by atoms with Crippen molar-refractivity contribution in [2.24, 2.45) is 0 Å². The molecule has 4 nitrogen and oxygen atoms in total. The molecule has 0 unspecified atom stereocenters. The second-order valence-corrected chi connectivity index (χ2v) is 31.9. The number of benzene rings is 17. The van der Waals surface area contributed by atoms with E-state index in [1.165, 1.54) is 122 Å². The van der Waals surface area contributed by atoms with Crippen molar-refractivity contribution >= 4 is 68.2 Å². The van der Waals surface area contributed by atoms with Gasteiger partial charge in [-0.15, -0.1) is 0 Å². The van der Waals surface area contributed by atoms with Crippen LogP contribution in [0, 0.1) is 83.1 Å². The van der Waals surface area contributed by atoms with Crippen molar-refractivity contribution in [2.45, 2.75) is 83.1 Å². The van der Waals surface area contributed by atoms with Gasteiger partial charge in [0.2, 0.25) is 0 Å². The minimum absolute atomic E-state index is 0.965. The van der Waals surface area contributed by atoms with E-state index in [4.69, 9.17) is 0 Å². The third-order valence-corrected chi connectivity index (χ3v) is 23.7. The zero-order valence-corrected chi connectivity index (χ0v) is 69.6. The smallest absolute Gasteiger partial charge is 0.0618 e. The first kappa shape index (κ1) is 76.6. The number of hydrogen-bond donors (Lipinski definition) is 0. The van der Waals surface area contributed by atoms with Gasteiger partial charge in [-0.3, -0.25) is 0 Å². The van der Waals surface area contributed by atoms with Crippen LogP contribution in [0.4, 0.5) is 68.2 Å². The van der Waals surface area contributed by atoms with E-state index in [0.29, 0.717) is 0 Å². The Labute approximate surface area is 698 Å². The predicted molar refractivity (Wildman–Crippen MR) is 506 cm³/mol. The van der Waals surface area contributed by atoms with Gasteiger partial charge in [-0.1, -0.05) is 261 Å². The summed E-state index contributed by atoms with van der Waals surface area (Å²) in [6.45, 7) is 26.8. The average Bonchev–Trinajstić information content (AvgIpc) is 0.746. The molecule has 17 aromatic rings. The quantitative estimate of drug-likeness (QED) is 0.0754. The Bertz CT molecular complexity index is 6170. The van der Waals surface area contributed by atoms with Crippen LogP contribution >= 0.6 is 0 Å². The monoisotopic (exact) mass is 1520 g/mol. The van der Waals surface area contributed by atoms with Crippen LogP contribution in [-0.4, -0.2) is 0 Å². The number of para-hydroxylation sites is 2. The Morgan fingerprint density at radius 1 is 0.127 bits per heavy atom. The van der Waals surface area contributed by atoms with Crippen LogP contribution in [-0.2, 0) is 0 Å². The molecule has 0 saturated carbocycles. The predicted octanol–water partition coefficient (Wildman–Crippen LogP) is 32.6. The molecule has 0 spiro atoms. The Hall–Kier alpha value is -14.1. The zero-order valence-electron chi connectivity index (χ0n) is 69.6. The highest BCUT2D eigenvalue weighted by molar-refractivity contribution is 6.01. The molecule has 17 rings (SSSR count). The van der Waals surface area contributed by atoms with Crippen molar-refractivity contribution in [1.29, 1.82) is 0 Å². The maximum atomic E-state index is 2.56. The minimum atomic E-state index is 0.965. The molecule has 0 bridgehead atoms. The first-order chi connectivity index (χ1) is 57.5. The van der Waals surface area contributed by atoms with E-state index in [1.54, 1.807) is 0 Å². The number of nitrogens with zero attached hydrogens (tertiary/aromatic N) is 4. The molecular weight excluding hydrogens is 1430 g/mol. The van der Waals surface area contributed by atoms with E-state index in [1.807, 2.05) is 0 Å². The van der Waals surface area contributed by atoms with Crippen LogP contribution < -0.4 is 19.6 Å². The Morgan fingerprint density at radius 2 is 0.322 bits per heavy atom. The first-order valence-corrected chi connectivity index (χ1v) is 41.2. The first-order valence-electron chi connectivity index (χ1n) is 41.2. The van der Waals surface area contributed by atoms with Gasteiger partial charge in [0.1, 0.15) is 0 Å². The molecule has 0 aliphatic heterocycles. The number of aryl methyl sites for hydroxylation is 12. The SMILES string of the molecule is Cc1cccc(C)c1-c1ccc(N(c2ccc(-c3c(C)cccc3C)cc2)c2cc(-c3c(C)cccc3C)cc(N(c3ccccc3)c3cccc(N(c4cc(-c5c(C)cccc5C)cc(N(c5ccc(-c6c(C)cccc6C)cc5)c5ccc(-c6c(C)cccc6C)cc5)c4)c4c(-c5ccccc5)cccc4-c4ccccc4)c3)c2)cc1. The van der Waals surface area contributed by atoms with Gasteiger partial charge in [-0.25, -0.2) is 0 Å². The molecule has 0 atom stereocenters. The highest BCUT2D eigenvalue weighted by Crippen LogP contribution is 2.53. The van der Waals surface area contributed by atoms with Crippen molar-refractivity contribution in [3.8, 4) is 89.0 Å². The summed E-state index contributed by atoms with van der Waals surface area (Å²) in [6, 6.07) is 140. The van der Waals surface area contributed by atoms with Gasteiger partial charge < -0.3 is 19.6 Å². The summed E-state index contributed by atoms with van der Waals surface area (Å²) in [5, 5.41) is 0. The fraction of sp³-hybridized carbons (Fsp3) is 0.105. The minimum Gasteiger partial charge on any atom is -0.310 e. The fourth-order valence-corrected chi connectivity index (χ4v) is 18.3. The molecule has 0 aliphatic carbocycles. The lowest BCUT2D eigenvalue weighted by Gasteiger charge is -2.34. The molecule has 0 saturated heterocycles. The van der Waals surface area contributed by atoms with Crippen molar-refractivity contribution in [1.82, 2.24) is 0 Å². The van der Waals surface area contributed by atoms with Crippen LogP contribution in [0.25, 0.3) is 89.0 Å². The van der Waals surface area contributed by atoms with Crippen molar-refractivity contribution < 1.29 is 0 Å². The Morgan fingerprint density at radius 3 is 0.602 bits per heavy atom. The van der Waals surface area contributed by atoms with Crippen molar-refractivity contribution in [2.75, 3.05) is 19.6 Å². The second-order valence-electron chi connectivity index (χ2n) is 31.9. The molecule has 0 amide bonds. The normalized spacial score (nSPS) is 11.2. The maximum absolute atomic E-state index is 2.56. The average molecular weight is 1520 g/mol. The molecule has 118 heavy (non-hydrogen) atoms. The van der Waals surface area contributed by atoms with Gasteiger partial charge in [0, 0.05) is 73.7 Å². The van der Waals surface area contributed by atoms with Gasteiger partial charge in [0.15, 0.2) is 0 Å². The molecule has 0 radical (unpaired) electrons. The highest BCUT2D eigenvalue weighted by atomic mass is 15.2. The molecule has 0 heterocycles. The van der Waals surface area contributed by atoms with E-state index in [2.05, 4.69) is 479 Å². The lowest BCUT2D eigenvalue weighted by molar-refractivity contribution is 1.23. The largest absolute Gasteiger partial charge is 0.310 e. The van der Waals surface area contributed by atoms with E-state index in [9.17, 15) is 0 Å². The fourth-order valence-electron chi connectivity index (χ4n) is 18.3. The highest BCUT2D eigenvalue weighted by Gasteiger charge is 2.29. The van der Waals surface area contributed by atoms with Gasteiger partial charge in [0.25, 0.3) is 0 Å². The van der Waals surface area contributed by atoms with E-state index in [0.717, 1.165) is 102 Å². The van der Waals surface area contributed by atoms with E-state index < -0.39 is 0 Å². The maximum Gasteiger partial charge on any atom is 0.0618 e. The van der Waals surface area contributed by atoms with E-state index in [-0.39, 0.29) is 0 Å². The Balaban J connectivity index is 0.929. The lowest BCUT2D eigenvalue weighted by atomic mass is 9.92. The van der Waals surface area contributed by atoms with Gasteiger partial charge in [-0.2, -0.15) is 0 Å². The summed E-state index contributed by atoms with van der Waals surface area (Å²) in [5.41, 5.74) is 45.6. The molecule has 0 aromatic heterocycles. The number of hydrogen-bond acceptors (Lipinski definition) is 4. The van der Waals surface area contributed by atoms with Crippen molar-refractivity contribution in [3.63, 3.8) is 0 Å². The molecule has 0 aliphatic rings. The standard InChI is InChI=1S/C114H98N4/c1-75-30-22-31-76(2)108(75)89-52-60-96(61-53-89)115(97-62-54-90(55-63-97)109-77(3)32-23-33-78(109)4)102-68-93(112-83(9)38-26-39-84(112)10)70-104(73-102)117(95-46-20-15-21-47-95)100-48-28-49-101(72-100)118(114-106(87-42-16-13-17-43-87)50-29-51-107(114)88-44-18-14-19-45-88)105-71-94(113-85(11)40-27-41-86(113)12)69-103(74-105)116(98-64-56-91(57-65-98)110-79(5)34-24-35-80(110)6)99-66-58-92(59-67-99)111-81(7)36-25-37-82(111)8/h13-74H,1-12H3. The lowest BCUT2D eigenvalue weighted by Crippen LogP contribution is -2.17. The summed E-state index contributed by atoms with van der Waals surface area (Å²) in [4.78, 5) is 9.97. The van der Waals surface area contributed by atoms with Crippen molar-refractivity contribution in [3.05, 3.63) is 443 Å². The third kappa shape index (κ3) is 15.1. The number of rotatable bonds is 20. The molecule has 574 valence electrons. The van der Waals surface area contributed by atoms with Gasteiger partial charge in [0.05, 0.1) is 5.69 Å². The van der Waals surface area contributed by atoms with Gasteiger partial charge >= 0.3 is 0 Å². The summed E-state index contributed by atoms with van der Waals surface area (Å²) >= 11 is 0. The van der Waals surface area contributed by atoms with Crippen LogP contribution in [0.3, 0.4) is 0 Å². The zero-order chi connectivity index (χ0) is 81.2. The summed E-state index contributed by atoms with van der Waals surface area (Å²) in [5.74, 6) is 0. The molecule has 17 aromatic carbocycles. The second kappa shape index (κ2) is 33.0. The van der Waals surface area contributed by atoms with Gasteiger partial charge in [-0.05, 0) is 343 Å². The molecule has 4 heteroatoms. The number of anilines is 12. The summed E-state index contributed by atoms with van der Waals surface area (Å²) in [6.07, 6.45) is 0. The van der Waals surface area contributed by atoms with E-state index >= 15 is 0 Å². The summed E-state index contributed by atoms with van der Waals surface area (Å²) < 4.78 is 0. The molecular formula is C114H98N4. The van der Waals surface area contributed by atoms with Crippen LogP contribution in [0.15, 0.2) is 376 Å². The Kier molecular flexibility index (Phi) is 21.4. The topological polar surface area (TPSA) is 13.0 Å². The van der Waals surface area contributed by atoms with Crippen LogP contribution in [0.5, 0.6) is 0 Å². The third-order valence-electron chi connectivity index (χ3n) is 23.7. The summed E-state index contributed by atoms with van der Waals surface area (Å²) in [7, 11) is 0. The van der Waals surface area contributed by atoms with Crippen LogP contribution in [0.2, 0.25) is 0 Å².